The molecule has 136 valence electrons. The van der Waals surface area contributed by atoms with Gasteiger partial charge in [-0.25, -0.2) is 8.78 Å². The summed E-state index contributed by atoms with van der Waals surface area (Å²) in [6, 6.07) is 10.7. The van der Waals surface area contributed by atoms with Crippen molar-refractivity contribution in [3.63, 3.8) is 0 Å². The van der Waals surface area contributed by atoms with Crippen LogP contribution in [0.15, 0.2) is 42.5 Å². The maximum absolute atomic E-state index is 13.3. The van der Waals surface area contributed by atoms with Crippen LogP contribution in [0.1, 0.15) is 28.8 Å². The smallest absolute Gasteiger partial charge is 0.253 e. The first-order valence-electron chi connectivity index (χ1n) is 8.56. The van der Waals surface area contributed by atoms with E-state index < -0.39 is 11.6 Å². The second kappa shape index (κ2) is 7.64. The zero-order chi connectivity index (χ0) is 18.7. The van der Waals surface area contributed by atoms with Gasteiger partial charge in [0.05, 0.1) is 0 Å². The van der Waals surface area contributed by atoms with E-state index in [1.807, 2.05) is 31.2 Å². The van der Waals surface area contributed by atoms with Crippen LogP contribution < -0.4 is 5.32 Å². The summed E-state index contributed by atoms with van der Waals surface area (Å²) in [5.41, 5.74) is 1.99. The number of anilines is 1. The molecule has 1 aliphatic rings. The lowest BCUT2D eigenvalue weighted by molar-refractivity contribution is -0.121. The Morgan fingerprint density at radius 3 is 2.27 bits per heavy atom. The minimum Gasteiger partial charge on any atom is -0.339 e. The van der Waals surface area contributed by atoms with Gasteiger partial charge in [-0.2, -0.15) is 0 Å². The summed E-state index contributed by atoms with van der Waals surface area (Å²) in [7, 11) is 0. The Morgan fingerprint density at radius 2 is 1.65 bits per heavy atom. The third-order valence-corrected chi connectivity index (χ3v) is 4.64. The Balaban J connectivity index is 1.56. The first-order chi connectivity index (χ1) is 12.4. The van der Waals surface area contributed by atoms with Gasteiger partial charge in [-0.05, 0) is 50.1 Å². The third-order valence-electron chi connectivity index (χ3n) is 4.64. The molecule has 2 aromatic carbocycles. The summed E-state index contributed by atoms with van der Waals surface area (Å²) in [6.45, 7) is 2.79. The van der Waals surface area contributed by atoms with Gasteiger partial charge in [-0.1, -0.05) is 17.7 Å². The lowest BCUT2D eigenvalue weighted by atomic mass is 9.95. The number of likely N-dealkylation sites (tertiary alicyclic amines) is 1. The van der Waals surface area contributed by atoms with Crippen molar-refractivity contribution >= 4 is 17.5 Å². The van der Waals surface area contributed by atoms with Gasteiger partial charge in [-0.3, -0.25) is 9.59 Å². The van der Waals surface area contributed by atoms with Crippen LogP contribution in [0.25, 0.3) is 0 Å². The Morgan fingerprint density at radius 1 is 1.00 bits per heavy atom. The predicted octanol–water partition coefficient (Wildman–Crippen LogP) is 3.76. The van der Waals surface area contributed by atoms with Gasteiger partial charge in [0, 0.05) is 30.3 Å². The van der Waals surface area contributed by atoms with Crippen LogP contribution >= 0.6 is 0 Å². The van der Waals surface area contributed by atoms with Gasteiger partial charge in [0.2, 0.25) is 5.91 Å². The first kappa shape index (κ1) is 18.0. The maximum atomic E-state index is 13.3. The van der Waals surface area contributed by atoms with Crippen LogP contribution in [0.4, 0.5) is 14.5 Å². The number of amides is 2. The van der Waals surface area contributed by atoms with Gasteiger partial charge >= 0.3 is 0 Å². The van der Waals surface area contributed by atoms with Crippen molar-refractivity contribution in [3.05, 3.63) is 65.2 Å². The van der Waals surface area contributed by atoms with Crippen molar-refractivity contribution in [2.24, 2.45) is 5.92 Å². The Bertz CT molecular complexity index is 813. The monoisotopic (exact) mass is 358 g/mol. The Kier molecular flexibility index (Phi) is 5.30. The summed E-state index contributed by atoms with van der Waals surface area (Å²) < 4.78 is 26.3. The van der Waals surface area contributed by atoms with Crippen molar-refractivity contribution in [1.29, 1.82) is 0 Å². The van der Waals surface area contributed by atoms with E-state index in [1.54, 1.807) is 4.90 Å². The maximum Gasteiger partial charge on any atom is 0.253 e. The molecule has 3 rings (SSSR count). The summed E-state index contributed by atoms with van der Waals surface area (Å²) in [5.74, 6) is -2.60. The first-order valence-corrected chi connectivity index (χ1v) is 8.56. The zero-order valence-electron chi connectivity index (χ0n) is 14.5. The number of nitrogens with one attached hydrogen (secondary N) is 1. The molecule has 26 heavy (non-hydrogen) atoms. The third kappa shape index (κ3) is 4.07. The van der Waals surface area contributed by atoms with Crippen LogP contribution in [0.3, 0.4) is 0 Å². The summed E-state index contributed by atoms with van der Waals surface area (Å²) in [6.07, 6.45) is 1.07. The van der Waals surface area contributed by atoms with Crippen molar-refractivity contribution in [3.8, 4) is 0 Å². The van der Waals surface area contributed by atoms with Gasteiger partial charge in [-0.15, -0.1) is 0 Å². The van der Waals surface area contributed by atoms with Crippen LogP contribution in [0, 0.1) is 24.5 Å². The van der Waals surface area contributed by atoms with E-state index >= 15 is 0 Å². The predicted molar refractivity (Wildman–Crippen MR) is 94.8 cm³/mol. The lowest BCUT2D eigenvalue weighted by Gasteiger charge is -2.31. The number of hydrogen-bond donors (Lipinski definition) is 1. The number of benzene rings is 2. The highest BCUT2D eigenvalue weighted by Gasteiger charge is 2.28. The number of nitrogens with zero attached hydrogens (tertiary/aromatic N) is 1. The number of rotatable bonds is 3. The highest BCUT2D eigenvalue weighted by Crippen LogP contribution is 2.22. The van der Waals surface area contributed by atoms with Gasteiger partial charge in [0.15, 0.2) is 11.6 Å². The van der Waals surface area contributed by atoms with Crippen molar-refractivity contribution < 1.29 is 18.4 Å². The molecule has 4 nitrogen and oxygen atoms in total. The molecule has 0 bridgehead atoms. The van der Waals surface area contributed by atoms with Crippen LogP contribution in [-0.2, 0) is 4.79 Å². The van der Waals surface area contributed by atoms with Crippen LogP contribution in [0.2, 0.25) is 0 Å². The van der Waals surface area contributed by atoms with Crippen molar-refractivity contribution in [1.82, 2.24) is 4.90 Å². The van der Waals surface area contributed by atoms with E-state index in [-0.39, 0.29) is 23.3 Å². The minimum absolute atomic E-state index is 0.0613. The molecule has 1 N–H and O–H groups in total. The average Bonchev–Trinajstić information content (AvgIpc) is 2.65. The summed E-state index contributed by atoms with van der Waals surface area (Å²) in [4.78, 5) is 26.3. The topological polar surface area (TPSA) is 49.4 Å². The largest absolute Gasteiger partial charge is 0.339 e. The Hall–Kier alpha value is -2.76. The van der Waals surface area contributed by atoms with Gasteiger partial charge in [0.25, 0.3) is 5.91 Å². The summed E-state index contributed by atoms with van der Waals surface area (Å²) in [5, 5.41) is 2.89. The van der Waals surface area contributed by atoms with Crippen molar-refractivity contribution in [2.45, 2.75) is 19.8 Å². The molecular weight excluding hydrogens is 338 g/mol. The second-order valence-electron chi connectivity index (χ2n) is 6.55. The molecule has 1 heterocycles. The molecule has 1 aliphatic heterocycles. The number of piperidine rings is 1. The average molecular weight is 358 g/mol. The standard InChI is InChI=1S/C20H20F2N2O2/c1-13-2-5-16(6-3-13)23-19(25)14-8-10-24(11-9-14)20(26)15-4-7-17(21)18(22)12-15/h2-7,12,14H,8-11H2,1H3,(H,23,25). The molecule has 1 fully saturated rings. The fraction of sp³-hybridized carbons (Fsp3) is 0.300. The molecule has 0 aromatic heterocycles. The molecule has 0 unspecified atom stereocenters. The molecular formula is C20H20F2N2O2. The molecule has 2 aromatic rings. The van der Waals surface area contributed by atoms with Crippen LogP contribution in [-0.4, -0.2) is 29.8 Å². The molecule has 2 amide bonds. The number of carbonyl (C=O) groups excluding carboxylic acids is 2. The van der Waals surface area contributed by atoms with E-state index in [1.165, 1.54) is 6.07 Å². The van der Waals surface area contributed by atoms with E-state index in [2.05, 4.69) is 5.32 Å². The number of hydrogen-bond acceptors (Lipinski definition) is 2. The van der Waals surface area contributed by atoms with Crippen LogP contribution in [0.5, 0.6) is 0 Å². The van der Waals surface area contributed by atoms with E-state index in [0.717, 1.165) is 23.4 Å². The molecule has 6 heteroatoms. The molecule has 0 spiro atoms. The van der Waals surface area contributed by atoms with Crippen molar-refractivity contribution in [2.75, 3.05) is 18.4 Å². The SMILES string of the molecule is Cc1ccc(NC(=O)C2CCN(C(=O)c3ccc(F)c(F)c3)CC2)cc1. The van der Waals surface area contributed by atoms with E-state index in [0.29, 0.717) is 25.9 Å². The number of aryl methyl sites for hydroxylation is 1. The molecule has 0 radical (unpaired) electrons. The molecule has 0 saturated carbocycles. The minimum atomic E-state index is -1.04. The lowest BCUT2D eigenvalue weighted by Crippen LogP contribution is -2.41. The quantitative estimate of drug-likeness (QED) is 0.908. The number of carbonyl (C=O) groups is 2. The van der Waals surface area contributed by atoms with Gasteiger partial charge in [0.1, 0.15) is 0 Å². The highest BCUT2D eigenvalue weighted by molar-refractivity contribution is 5.95. The number of halogens is 2. The molecule has 0 aliphatic carbocycles. The van der Waals surface area contributed by atoms with E-state index in [9.17, 15) is 18.4 Å². The van der Waals surface area contributed by atoms with Gasteiger partial charge < -0.3 is 10.2 Å². The highest BCUT2D eigenvalue weighted by atomic mass is 19.2. The molecule has 0 atom stereocenters. The fourth-order valence-corrected chi connectivity index (χ4v) is 3.04. The molecule has 1 saturated heterocycles. The second-order valence-corrected chi connectivity index (χ2v) is 6.55. The zero-order valence-corrected chi connectivity index (χ0v) is 14.5. The fourth-order valence-electron chi connectivity index (χ4n) is 3.04. The summed E-state index contributed by atoms with van der Waals surface area (Å²) >= 11 is 0. The Labute approximate surface area is 150 Å². The normalized spacial score (nSPS) is 15.0. The van der Waals surface area contributed by atoms with E-state index in [4.69, 9.17) is 0 Å².